The van der Waals surface area contributed by atoms with Crippen molar-refractivity contribution in [3.8, 4) is 0 Å². The molecule has 17 heavy (non-hydrogen) atoms. The van der Waals surface area contributed by atoms with Gasteiger partial charge in [-0.1, -0.05) is 0 Å². The van der Waals surface area contributed by atoms with Gasteiger partial charge in [0.1, 0.15) is 0 Å². The van der Waals surface area contributed by atoms with Crippen LogP contribution in [0.25, 0.3) is 0 Å². The van der Waals surface area contributed by atoms with Gasteiger partial charge in [-0.25, -0.2) is 0 Å². The lowest BCUT2D eigenvalue weighted by Crippen LogP contribution is -2.52. The highest BCUT2D eigenvalue weighted by atomic mass is 16.5. The van der Waals surface area contributed by atoms with E-state index in [-0.39, 0.29) is 5.54 Å². The van der Waals surface area contributed by atoms with E-state index in [9.17, 15) is 0 Å². The van der Waals surface area contributed by atoms with E-state index in [2.05, 4.69) is 42.9 Å². The van der Waals surface area contributed by atoms with Gasteiger partial charge >= 0.3 is 0 Å². The lowest BCUT2D eigenvalue weighted by atomic mass is 10.0. The Balaban J connectivity index is 2.47. The van der Waals surface area contributed by atoms with Crippen molar-refractivity contribution in [2.45, 2.75) is 39.3 Å². The molecule has 0 saturated carbocycles. The van der Waals surface area contributed by atoms with Crippen LogP contribution in [0.5, 0.6) is 0 Å². The molecular formula is C12H26N4O. The first-order valence-electron chi connectivity index (χ1n) is 6.31. The van der Waals surface area contributed by atoms with Crippen molar-refractivity contribution in [3.63, 3.8) is 0 Å². The average molecular weight is 242 g/mol. The summed E-state index contributed by atoms with van der Waals surface area (Å²) in [5.74, 6) is 0.529. The summed E-state index contributed by atoms with van der Waals surface area (Å²) in [5.41, 5.74) is 5.84. The van der Waals surface area contributed by atoms with Crippen LogP contribution in [0.3, 0.4) is 0 Å². The molecule has 0 radical (unpaired) electrons. The van der Waals surface area contributed by atoms with Crippen molar-refractivity contribution in [1.29, 1.82) is 0 Å². The fourth-order valence-corrected chi connectivity index (χ4v) is 1.89. The Morgan fingerprint density at radius 1 is 1.41 bits per heavy atom. The van der Waals surface area contributed by atoms with Crippen LogP contribution in [0.2, 0.25) is 0 Å². The second-order valence-corrected chi connectivity index (χ2v) is 5.41. The van der Waals surface area contributed by atoms with Gasteiger partial charge in [-0.3, -0.25) is 9.89 Å². The van der Waals surface area contributed by atoms with E-state index in [0.29, 0.717) is 18.5 Å². The third-order valence-corrected chi connectivity index (χ3v) is 2.94. The second kappa shape index (κ2) is 6.21. The highest BCUT2D eigenvalue weighted by Gasteiger charge is 2.27. The van der Waals surface area contributed by atoms with Crippen molar-refractivity contribution in [1.82, 2.24) is 10.2 Å². The van der Waals surface area contributed by atoms with E-state index in [1.807, 2.05) is 0 Å². The fraction of sp³-hybridized carbons (Fsp3) is 0.917. The summed E-state index contributed by atoms with van der Waals surface area (Å²) in [6.45, 7) is 12.8. The van der Waals surface area contributed by atoms with Crippen LogP contribution in [-0.2, 0) is 4.74 Å². The summed E-state index contributed by atoms with van der Waals surface area (Å²) in [6, 6.07) is 0.324. The van der Waals surface area contributed by atoms with E-state index in [1.54, 1.807) is 0 Å². The molecule has 1 rings (SSSR count). The van der Waals surface area contributed by atoms with Gasteiger partial charge in [-0.15, -0.1) is 0 Å². The molecule has 0 unspecified atom stereocenters. The summed E-state index contributed by atoms with van der Waals surface area (Å²) < 4.78 is 5.36. The molecule has 1 fully saturated rings. The number of nitrogens with one attached hydrogen (secondary N) is 1. The van der Waals surface area contributed by atoms with Crippen molar-refractivity contribution in [2.24, 2.45) is 10.7 Å². The summed E-state index contributed by atoms with van der Waals surface area (Å²) in [7, 11) is 0. The number of ether oxygens (including phenoxy) is 1. The first-order chi connectivity index (χ1) is 7.92. The van der Waals surface area contributed by atoms with Gasteiger partial charge in [0.15, 0.2) is 5.96 Å². The lowest BCUT2D eigenvalue weighted by Gasteiger charge is -2.39. The van der Waals surface area contributed by atoms with E-state index < -0.39 is 0 Å². The van der Waals surface area contributed by atoms with E-state index in [1.165, 1.54) is 0 Å². The number of nitrogens with zero attached hydrogens (tertiary/aromatic N) is 2. The Morgan fingerprint density at radius 2 is 2.00 bits per heavy atom. The predicted molar refractivity (Wildman–Crippen MR) is 71.2 cm³/mol. The first-order valence-corrected chi connectivity index (χ1v) is 6.31. The van der Waals surface area contributed by atoms with Crippen LogP contribution in [-0.4, -0.2) is 55.3 Å². The van der Waals surface area contributed by atoms with Crippen LogP contribution in [0.4, 0.5) is 0 Å². The Hall–Kier alpha value is -0.810. The number of rotatable bonds is 4. The molecule has 5 nitrogen and oxygen atoms in total. The minimum Gasteiger partial charge on any atom is -0.379 e. The number of guanidine groups is 1. The number of hydrogen-bond donors (Lipinski definition) is 2. The summed E-state index contributed by atoms with van der Waals surface area (Å²) >= 11 is 0. The third-order valence-electron chi connectivity index (χ3n) is 2.94. The van der Waals surface area contributed by atoms with Crippen LogP contribution < -0.4 is 11.1 Å². The number of nitrogens with two attached hydrogens (primary N) is 1. The molecule has 0 amide bonds. The van der Waals surface area contributed by atoms with Crippen molar-refractivity contribution in [3.05, 3.63) is 0 Å². The zero-order chi connectivity index (χ0) is 12.9. The van der Waals surface area contributed by atoms with E-state index >= 15 is 0 Å². The molecule has 1 aliphatic heterocycles. The van der Waals surface area contributed by atoms with Gasteiger partial charge in [0.2, 0.25) is 0 Å². The summed E-state index contributed by atoms with van der Waals surface area (Å²) in [4.78, 5) is 6.82. The normalized spacial score (nSPS) is 19.7. The van der Waals surface area contributed by atoms with Gasteiger partial charge in [0.05, 0.1) is 19.8 Å². The molecule has 0 spiro atoms. The Bertz CT molecular complexity index is 257. The van der Waals surface area contributed by atoms with Gasteiger partial charge in [-0.2, -0.15) is 0 Å². The molecular weight excluding hydrogens is 216 g/mol. The maximum absolute atomic E-state index is 5.81. The van der Waals surface area contributed by atoms with Crippen molar-refractivity contribution in [2.75, 3.05) is 32.8 Å². The predicted octanol–water partition coefficient (Wildman–Crippen LogP) is 0.410. The molecule has 3 N–H and O–H groups in total. The van der Waals surface area contributed by atoms with Gasteiger partial charge < -0.3 is 15.8 Å². The van der Waals surface area contributed by atoms with Crippen LogP contribution in [0, 0.1) is 0 Å². The molecule has 0 aromatic heterocycles. The van der Waals surface area contributed by atoms with Crippen molar-refractivity contribution >= 4 is 5.96 Å². The molecule has 0 aromatic carbocycles. The van der Waals surface area contributed by atoms with E-state index in [4.69, 9.17) is 10.5 Å². The molecule has 100 valence electrons. The molecule has 5 heteroatoms. The number of morpholine rings is 1. The average Bonchev–Trinajstić information content (AvgIpc) is 2.27. The maximum Gasteiger partial charge on any atom is 0.188 e. The van der Waals surface area contributed by atoms with E-state index in [0.717, 1.165) is 26.3 Å². The largest absolute Gasteiger partial charge is 0.379 e. The standard InChI is InChI=1S/C12H26N4O/c1-10(2)15-11(13)14-9-12(3,4)16-5-7-17-8-6-16/h10H,5-9H2,1-4H3,(H3,13,14,15). The minimum absolute atomic E-state index is 0.0348. The van der Waals surface area contributed by atoms with Gasteiger partial charge in [0.25, 0.3) is 0 Å². The third kappa shape index (κ3) is 4.91. The first kappa shape index (κ1) is 14.3. The zero-order valence-corrected chi connectivity index (χ0v) is 11.5. The zero-order valence-electron chi connectivity index (χ0n) is 11.5. The van der Waals surface area contributed by atoms with Crippen LogP contribution >= 0.6 is 0 Å². The molecule has 0 aliphatic carbocycles. The highest BCUT2D eigenvalue weighted by molar-refractivity contribution is 5.78. The monoisotopic (exact) mass is 242 g/mol. The highest BCUT2D eigenvalue weighted by Crippen LogP contribution is 2.16. The molecule has 0 bridgehead atoms. The number of hydrogen-bond acceptors (Lipinski definition) is 3. The Labute approximate surface area is 104 Å². The molecule has 1 heterocycles. The van der Waals surface area contributed by atoms with Crippen LogP contribution in [0.1, 0.15) is 27.7 Å². The molecule has 0 atom stereocenters. The topological polar surface area (TPSA) is 62.9 Å². The SMILES string of the molecule is CC(C)NC(N)=NCC(C)(C)N1CCOCC1. The van der Waals surface area contributed by atoms with Gasteiger partial charge in [-0.05, 0) is 27.7 Å². The Kier molecular flexibility index (Phi) is 5.21. The minimum atomic E-state index is 0.0348. The van der Waals surface area contributed by atoms with Crippen molar-refractivity contribution < 1.29 is 4.74 Å². The second-order valence-electron chi connectivity index (χ2n) is 5.41. The summed E-state index contributed by atoms with van der Waals surface area (Å²) in [6.07, 6.45) is 0. The van der Waals surface area contributed by atoms with Crippen LogP contribution in [0.15, 0.2) is 4.99 Å². The van der Waals surface area contributed by atoms with Gasteiger partial charge in [0, 0.05) is 24.7 Å². The molecule has 1 saturated heterocycles. The smallest absolute Gasteiger partial charge is 0.188 e. The quantitative estimate of drug-likeness (QED) is 0.554. The maximum atomic E-state index is 5.81. The Morgan fingerprint density at radius 3 is 2.53 bits per heavy atom. The molecule has 1 aliphatic rings. The summed E-state index contributed by atoms with van der Waals surface area (Å²) in [5, 5.41) is 3.10. The number of aliphatic imine (C=N–C) groups is 1. The lowest BCUT2D eigenvalue weighted by molar-refractivity contribution is -0.00682. The molecule has 0 aromatic rings. The fourth-order valence-electron chi connectivity index (χ4n) is 1.89.